The van der Waals surface area contributed by atoms with E-state index in [1.807, 2.05) is 30.3 Å². The molecular weight excluding hydrogens is 262 g/mol. The maximum Gasteiger partial charge on any atom is 0.139 e. The Bertz CT molecular complexity index is 724. The van der Waals surface area contributed by atoms with Gasteiger partial charge in [-0.05, 0) is 18.2 Å². The molecule has 1 aromatic heterocycles. The van der Waals surface area contributed by atoms with Crippen molar-refractivity contribution in [1.82, 2.24) is 10.2 Å². The molecule has 0 aliphatic carbocycles. The number of H-pyrrole nitrogens is 1. The van der Waals surface area contributed by atoms with Gasteiger partial charge in [-0.15, -0.1) is 0 Å². The van der Waals surface area contributed by atoms with E-state index >= 15 is 0 Å². The SMILES string of the molecule is Oc1c(Cl)cccc1CNc1cccc2[nH]ncc12. The van der Waals surface area contributed by atoms with Crippen molar-refractivity contribution < 1.29 is 5.11 Å². The number of benzene rings is 2. The van der Waals surface area contributed by atoms with Crippen LogP contribution >= 0.6 is 11.6 Å². The zero-order valence-electron chi connectivity index (χ0n) is 10.0. The molecule has 0 radical (unpaired) electrons. The highest BCUT2D eigenvalue weighted by Gasteiger charge is 2.06. The third kappa shape index (κ3) is 2.22. The number of rotatable bonds is 3. The van der Waals surface area contributed by atoms with Crippen LogP contribution in [0.25, 0.3) is 10.9 Å². The highest BCUT2D eigenvalue weighted by Crippen LogP contribution is 2.28. The summed E-state index contributed by atoms with van der Waals surface area (Å²) in [6.07, 6.45) is 1.77. The summed E-state index contributed by atoms with van der Waals surface area (Å²) < 4.78 is 0. The van der Waals surface area contributed by atoms with Gasteiger partial charge in [0, 0.05) is 23.2 Å². The second kappa shape index (κ2) is 4.82. The summed E-state index contributed by atoms with van der Waals surface area (Å²) in [5.41, 5.74) is 2.69. The van der Waals surface area contributed by atoms with Crippen LogP contribution in [0.4, 0.5) is 5.69 Å². The molecule has 0 saturated heterocycles. The Morgan fingerprint density at radius 1 is 1.21 bits per heavy atom. The van der Waals surface area contributed by atoms with Gasteiger partial charge in [-0.2, -0.15) is 5.10 Å². The molecule has 4 nitrogen and oxygen atoms in total. The van der Waals surface area contributed by atoms with Gasteiger partial charge in [0.25, 0.3) is 0 Å². The molecular formula is C14H12ClN3O. The van der Waals surface area contributed by atoms with Crippen LogP contribution in [0.5, 0.6) is 5.75 Å². The second-order valence-corrected chi connectivity index (χ2v) is 4.65. The first-order valence-electron chi connectivity index (χ1n) is 5.88. The summed E-state index contributed by atoms with van der Waals surface area (Å²) in [7, 11) is 0. The van der Waals surface area contributed by atoms with Gasteiger partial charge in [0.05, 0.1) is 16.7 Å². The number of phenols is 1. The van der Waals surface area contributed by atoms with Crippen molar-refractivity contribution in [1.29, 1.82) is 0 Å². The monoisotopic (exact) mass is 273 g/mol. The normalized spacial score (nSPS) is 10.8. The van der Waals surface area contributed by atoms with Crippen molar-refractivity contribution in [2.45, 2.75) is 6.54 Å². The van der Waals surface area contributed by atoms with Gasteiger partial charge in [-0.25, -0.2) is 0 Å². The van der Waals surface area contributed by atoms with E-state index in [2.05, 4.69) is 15.5 Å². The summed E-state index contributed by atoms with van der Waals surface area (Å²) in [5.74, 6) is 0.121. The number of hydrogen-bond donors (Lipinski definition) is 3. The topological polar surface area (TPSA) is 60.9 Å². The quantitative estimate of drug-likeness (QED) is 0.684. The summed E-state index contributed by atoms with van der Waals surface area (Å²) in [6, 6.07) is 11.2. The molecule has 0 fully saturated rings. The van der Waals surface area contributed by atoms with Crippen molar-refractivity contribution >= 4 is 28.2 Å². The average molecular weight is 274 g/mol. The maximum atomic E-state index is 9.86. The van der Waals surface area contributed by atoms with E-state index in [-0.39, 0.29) is 5.75 Å². The minimum absolute atomic E-state index is 0.121. The number of para-hydroxylation sites is 1. The standard InChI is InChI=1S/C14H12ClN3O/c15-11-4-1-3-9(14(11)19)7-16-12-5-2-6-13-10(12)8-17-18-13/h1-6,8,16,19H,7H2,(H,17,18). The molecule has 19 heavy (non-hydrogen) atoms. The molecule has 3 rings (SSSR count). The van der Waals surface area contributed by atoms with Gasteiger partial charge >= 0.3 is 0 Å². The lowest BCUT2D eigenvalue weighted by Crippen LogP contribution is -2.00. The second-order valence-electron chi connectivity index (χ2n) is 4.24. The zero-order valence-corrected chi connectivity index (χ0v) is 10.8. The predicted octanol–water partition coefficient (Wildman–Crippen LogP) is 3.53. The molecule has 0 spiro atoms. The molecule has 0 unspecified atom stereocenters. The molecule has 0 aliphatic rings. The first-order valence-corrected chi connectivity index (χ1v) is 6.26. The number of anilines is 1. The Hall–Kier alpha value is -2.20. The van der Waals surface area contributed by atoms with Crippen molar-refractivity contribution in [3.8, 4) is 5.75 Å². The number of nitrogens with one attached hydrogen (secondary N) is 2. The van der Waals surface area contributed by atoms with E-state index in [9.17, 15) is 5.11 Å². The number of hydrogen-bond acceptors (Lipinski definition) is 3. The summed E-state index contributed by atoms with van der Waals surface area (Å²) in [4.78, 5) is 0. The van der Waals surface area contributed by atoms with E-state index < -0.39 is 0 Å². The molecule has 0 amide bonds. The van der Waals surface area contributed by atoms with Crippen LogP contribution in [0.3, 0.4) is 0 Å². The van der Waals surface area contributed by atoms with Crippen LogP contribution < -0.4 is 5.32 Å². The van der Waals surface area contributed by atoms with Gasteiger partial charge in [0.1, 0.15) is 5.75 Å². The Kier molecular flexibility index (Phi) is 3.01. The fourth-order valence-electron chi connectivity index (χ4n) is 2.02. The van der Waals surface area contributed by atoms with Gasteiger partial charge in [0.15, 0.2) is 0 Å². The highest BCUT2D eigenvalue weighted by molar-refractivity contribution is 6.32. The van der Waals surface area contributed by atoms with Crippen molar-refractivity contribution in [3.63, 3.8) is 0 Å². The van der Waals surface area contributed by atoms with E-state index in [4.69, 9.17) is 11.6 Å². The number of phenolic OH excluding ortho intramolecular Hbond substituents is 1. The molecule has 3 aromatic rings. The van der Waals surface area contributed by atoms with Crippen molar-refractivity contribution in [2.75, 3.05) is 5.32 Å². The Morgan fingerprint density at radius 3 is 2.95 bits per heavy atom. The van der Waals surface area contributed by atoms with Crippen LogP contribution in [0, 0.1) is 0 Å². The Morgan fingerprint density at radius 2 is 2.05 bits per heavy atom. The van der Waals surface area contributed by atoms with Crippen molar-refractivity contribution in [3.05, 3.63) is 53.2 Å². The molecule has 5 heteroatoms. The lowest BCUT2D eigenvalue weighted by molar-refractivity contribution is 0.469. The predicted molar refractivity (Wildman–Crippen MR) is 76.5 cm³/mol. The third-order valence-corrected chi connectivity index (χ3v) is 3.33. The minimum Gasteiger partial charge on any atom is -0.506 e. The summed E-state index contributed by atoms with van der Waals surface area (Å²) in [5, 5.41) is 21.4. The van der Waals surface area contributed by atoms with Gasteiger partial charge in [0.2, 0.25) is 0 Å². The fraction of sp³-hybridized carbons (Fsp3) is 0.0714. The van der Waals surface area contributed by atoms with E-state index in [1.54, 1.807) is 12.3 Å². The number of aromatic amines is 1. The first-order chi connectivity index (χ1) is 9.25. The average Bonchev–Trinajstić information content (AvgIpc) is 2.89. The lowest BCUT2D eigenvalue weighted by Gasteiger charge is -2.09. The van der Waals surface area contributed by atoms with Crippen molar-refractivity contribution in [2.24, 2.45) is 0 Å². The molecule has 3 N–H and O–H groups in total. The number of aromatic hydroxyl groups is 1. The van der Waals surface area contributed by atoms with E-state index in [1.165, 1.54) is 0 Å². The maximum absolute atomic E-state index is 9.86. The van der Waals surface area contributed by atoms with Crippen LogP contribution in [0.2, 0.25) is 5.02 Å². The van der Waals surface area contributed by atoms with E-state index in [0.717, 1.165) is 22.2 Å². The fourth-order valence-corrected chi connectivity index (χ4v) is 2.21. The zero-order chi connectivity index (χ0) is 13.2. The third-order valence-electron chi connectivity index (χ3n) is 3.02. The number of nitrogens with zero attached hydrogens (tertiary/aromatic N) is 1. The van der Waals surface area contributed by atoms with Crippen LogP contribution in [-0.4, -0.2) is 15.3 Å². The van der Waals surface area contributed by atoms with Gasteiger partial charge < -0.3 is 10.4 Å². The molecule has 0 saturated carbocycles. The summed E-state index contributed by atoms with van der Waals surface area (Å²) in [6.45, 7) is 0.497. The number of halogens is 1. The van der Waals surface area contributed by atoms with Gasteiger partial charge in [-0.3, -0.25) is 5.10 Å². The Balaban J connectivity index is 1.86. The lowest BCUT2D eigenvalue weighted by atomic mass is 10.1. The Labute approximate surface area is 115 Å². The smallest absolute Gasteiger partial charge is 0.139 e. The largest absolute Gasteiger partial charge is 0.506 e. The van der Waals surface area contributed by atoms with Crippen LogP contribution in [0.1, 0.15) is 5.56 Å². The first kappa shape index (κ1) is 11.9. The number of fused-ring (bicyclic) bond motifs is 1. The molecule has 2 aromatic carbocycles. The van der Waals surface area contributed by atoms with Gasteiger partial charge in [-0.1, -0.05) is 29.8 Å². The molecule has 96 valence electrons. The molecule has 0 bridgehead atoms. The summed E-state index contributed by atoms with van der Waals surface area (Å²) >= 11 is 5.88. The highest BCUT2D eigenvalue weighted by atomic mass is 35.5. The number of aromatic nitrogens is 2. The van der Waals surface area contributed by atoms with Crippen LogP contribution in [0.15, 0.2) is 42.6 Å². The minimum atomic E-state index is 0.121. The van der Waals surface area contributed by atoms with E-state index in [0.29, 0.717) is 11.6 Å². The molecule has 0 atom stereocenters. The van der Waals surface area contributed by atoms with Crippen LogP contribution in [-0.2, 0) is 6.54 Å². The molecule has 1 heterocycles. The molecule has 0 aliphatic heterocycles.